The fraction of sp³-hybridized carbons (Fsp3) is 0.524. The average molecular weight is 386 g/mol. The van der Waals surface area contributed by atoms with Gasteiger partial charge in [0.25, 0.3) is 5.91 Å². The molecule has 2 fully saturated rings. The summed E-state index contributed by atoms with van der Waals surface area (Å²) in [6.45, 7) is 2.13. The van der Waals surface area contributed by atoms with Crippen LogP contribution in [0.25, 0.3) is 10.1 Å². The monoisotopic (exact) mass is 385 g/mol. The molecule has 1 aliphatic carbocycles. The maximum atomic E-state index is 12.4. The van der Waals surface area contributed by atoms with E-state index in [9.17, 15) is 9.59 Å². The Morgan fingerprint density at radius 3 is 2.70 bits per heavy atom. The highest BCUT2D eigenvalue weighted by Crippen LogP contribution is 2.39. The lowest BCUT2D eigenvalue weighted by molar-refractivity contribution is -0.122. The van der Waals surface area contributed by atoms with Crippen molar-refractivity contribution in [3.05, 3.63) is 34.7 Å². The molecule has 1 aromatic heterocycles. The van der Waals surface area contributed by atoms with Crippen molar-refractivity contribution in [2.24, 2.45) is 5.73 Å². The normalized spacial score (nSPS) is 21.6. The summed E-state index contributed by atoms with van der Waals surface area (Å²) in [6, 6.07) is 8.47. The van der Waals surface area contributed by atoms with E-state index in [1.165, 1.54) is 30.6 Å². The van der Waals surface area contributed by atoms with Crippen LogP contribution in [-0.2, 0) is 4.79 Å². The van der Waals surface area contributed by atoms with Crippen molar-refractivity contribution in [1.29, 1.82) is 0 Å². The Kier molecular flexibility index (Phi) is 5.45. The van der Waals surface area contributed by atoms with E-state index < -0.39 is 0 Å². The number of hydrogen-bond donors (Lipinski definition) is 2. The molecule has 0 radical (unpaired) electrons. The quantitative estimate of drug-likeness (QED) is 0.830. The van der Waals surface area contributed by atoms with Crippen molar-refractivity contribution in [2.45, 2.75) is 50.5 Å². The third-order valence-electron chi connectivity index (χ3n) is 5.88. The second-order valence-corrected chi connectivity index (χ2v) is 8.88. The molecule has 1 aliphatic heterocycles. The fourth-order valence-corrected chi connectivity index (χ4v) is 5.73. The van der Waals surface area contributed by atoms with Crippen LogP contribution in [-0.4, -0.2) is 42.4 Å². The smallest absolute Gasteiger partial charge is 0.259 e. The first kappa shape index (κ1) is 18.4. The number of primary amides is 1. The highest BCUT2D eigenvalue weighted by molar-refractivity contribution is 7.21. The summed E-state index contributed by atoms with van der Waals surface area (Å²) in [6.07, 6.45) is 6.90. The van der Waals surface area contributed by atoms with Crippen LogP contribution in [0.3, 0.4) is 0 Å². The molecule has 1 saturated carbocycles. The van der Waals surface area contributed by atoms with Crippen LogP contribution in [0.4, 0.5) is 0 Å². The van der Waals surface area contributed by atoms with Gasteiger partial charge in [0.05, 0.1) is 11.4 Å². The van der Waals surface area contributed by atoms with Crippen LogP contribution in [0.5, 0.6) is 0 Å². The molecule has 1 atom stereocenters. The van der Waals surface area contributed by atoms with E-state index in [2.05, 4.69) is 16.3 Å². The molecule has 5 nitrogen and oxygen atoms in total. The van der Waals surface area contributed by atoms with E-state index in [-0.39, 0.29) is 17.7 Å². The van der Waals surface area contributed by atoms with Crippen LogP contribution in [0.1, 0.15) is 59.7 Å². The molecule has 0 spiro atoms. The lowest BCUT2D eigenvalue weighted by atomic mass is 9.95. The SMILES string of the molecule is NC(=O)c1sc2ccccc2c1[C@@H]1CCN(CC(=O)NC2CCCCC2)C1. The molecule has 144 valence electrons. The molecule has 1 saturated heterocycles. The van der Waals surface area contributed by atoms with E-state index in [4.69, 9.17) is 5.73 Å². The summed E-state index contributed by atoms with van der Waals surface area (Å²) < 4.78 is 1.11. The van der Waals surface area contributed by atoms with Crippen molar-refractivity contribution in [2.75, 3.05) is 19.6 Å². The molecular weight excluding hydrogens is 358 g/mol. The third kappa shape index (κ3) is 4.01. The zero-order chi connectivity index (χ0) is 18.8. The molecule has 0 unspecified atom stereocenters. The Labute approximate surface area is 163 Å². The third-order valence-corrected chi connectivity index (χ3v) is 7.08. The Morgan fingerprint density at radius 1 is 1.15 bits per heavy atom. The molecule has 1 aromatic carbocycles. The van der Waals surface area contributed by atoms with Crippen LogP contribution in [0, 0.1) is 0 Å². The van der Waals surface area contributed by atoms with Crippen LogP contribution < -0.4 is 11.1 Å². The van der Waals surface area contributed by atoms with Crippen molar-refractivity contribution >= 4 is 33.2 Å². The first-order valence-corrected chi connectivity index (χ1v) is 10.8. The Morgan fingerprint density at radius 2 is 1.93 bits per heavy atom. The van der Waals surface area contributed by atoms with Crippen molar-refractivity contribution in [1.82, 2.24) is 10.2 Å². The predicted octanol–water partition coefficient (Wildman–Crippen LogP) is 3.24. The summed E-state index contributed by atoms with van der Waals surface area (Å²) in [5.74, 6) is 0.0404. The number of hydrogen-bond acceptors (Lipinski definition) is 4. The lowest BCUT2D eigenvalue weighted by Crippen LogP contribution is -2.42. The Bertz CT molecular complexity index is 841. The number of likely N-dealkylation sites (tertiary alicyclic amines) is 1. The second kappa shape index (κ2) is 7.98. The summed E-state index contributed by atoms with van der Waals surface area (Å²) in [5.41, 5.74) is 6.74. The summed E-state index contributed by atoms with van der Waals surface area (Å²) in [5, 5.41) is 4.34. The molecule has 3 N–H and O–H groups in total. The number of thiophene rings is 1. The van der Waals surface area contributed by atoms with Gasteiger partial charge in [-0.15, -0.1) is 11.3 Å². The van der Waals surface area contributed by atoms with Crippen molar-refractivity contribution in [3.63, 3.8) is 0 Å². The number of nitrogens with one attached hydrogen (secondary N) is 1. The van der Waals surface area contributed by atoms with Crippen molar-refractivity contribution < 1.29 is 9.59 Å². The predicted molar refractivity (Wildman–Crippen MR) is 109 cm³/mol. The van der Waals surface area contributed by atoms with Gasteiger partial charge in [0, 0.05) is 23.2 Å². The van der Waals surface area contributed by atoms with Gasteiger partial charge in [0.2, 0.25) is 5.91 Å². The van der Waals surface area contributed by atoms with E-state index in [1.807, 2.05) is 18.2 Å². The van der Waals surface area contributed by atoms with Gasteiger partial charge in [-0.25, -0.2) is 0 Å². The number of amides is 2. The maximum Gasteiger partial charge on any atom is 0.259 e. The van der Waals surface area contributed by atoms with Crippen LogP contribution >= 0.6 is 11.3 Å². The lowest BCUT2D eigenvalue weighted by Gasteiger charge is -2.24. The number of benzene rings is 1. The molecule has 0 bridgehead atoms. The van der Waals surface area contributed by atoms with Crippen LogP contribution in [0.2, 0.25) is 0 Å². The topological polar surface area (TPSA) is 75.4 Å². The van der Waals surface area contributed by atoms with Gasteiger partial charge in [0.1, 0.15) is 0 Å². The highest BCUT2D eigenvalue weighted by Gasteiger charge is 2.31. The summed E-state index contributed by atoms with van der Waals surface area (Å²) in [7, 11) is 0. The minimum Gasteiger partial charge on any atom is -0.365 e. The number of rotatable bonds is 5. The largest absolute Gasteiger partial charge is 0.365 e. The minimum atomic E-state index is -0.348. The zero-order valence-corrected chi connectivity index (χ0v) is 16.4. The van der Waals surface area contributed by atoms with E-state index in [1.54, 1.807) is 0 Å². The molecule has 4 rings (SSSR count). The number of carbonyl (C=O) groups excluding carboxylic acids is 2. The molecule has 2 aromatic rings. The van der Waals surface area contributed by atoms with E-state index in [0.717, 1.165) is 48.0 Å². The number of fused-ring (bicyclic) bond motifs is 1. The number of nitrogens with two attached hydrogens (primary N) is 1. The van der Waals surface area contributed by atoms with Crippen LogP contribution in [0.15, 0.2) is 24.3 Å². The van der Waals surface area contributed by atoms with Gasteiger partial charge in [-0.1, -0.05) is 37.5 Å². The Balaban J connectivity index is 1.43. The van der Waals surface area contributed by atoms with Gasteiger partial charge < -0.3 is 11.1 Å². The fourth-order valence-electron chi connectivity index (χ4n) is 4.59. The van der Waals surface area contributed by atoms with Crippen molar-refractivity contribution in [3.8, 4) is 0 Å². The summed E-state index contributed by atoms with van der Waals surface area (Å²) in [4.78, 5) is 27.3. The standard InChI is InChI=1S/C21H27N3O2S/c22-21(26)20-19(16-8-4-5-9-17(16)27-20)14-10-11-24(12-14)13-18(25)23-15-6-2-1-3-7-15/h4-5,8-9,14-15H,1-3,6-7,10-13H2,(H2,22,26)(H,23,25)/t14-/m1/s1. The molecule has 2 amide bonds. The summed E-state index contributed by atoms with van der Waals surface area (Å²) >= 11 is 1.48. The maximum absolute atomic E-state index is 12.4. The van der Waals surface area contributed by atoms with Gasteiger partial charge in [-0.3, -0.25) is 14.5 Å². The first-order chi connectivity index (χ1) is 13.1. The average Bonchev–Trinajstić information content (AvgIpc) is 3.26. The van der Waals surface area contributed by atoms with E-state index >= 15 is 0 Å². The number of carbonyl (C=O) groups is 2. The zero-order valence-electron chi connectivity index (χ0n) is 15.6. The molecule has 2 heterocycles. The van der Waals surface area contributed by atoms with E-state index in [0.29, 0.717) is 17.5 Å². The van der Waals surface area contributed by atoms with Gasteiger partial charge in [-0.05, 0) is 42.8 Å². The van der Waals surface area contributed by atoms with Gasteiger partial charge >= 0.3 is 0 Å². The molecule has 6 heteroatoms. The highest BCUT2D eigenvalue weighted by atomic mass is 32.1. The second-order valence-electron chi connectivity index (χ2n) is 7.83. The number of nitrogens with zero attached hydrogens (tertiary/aromatic N) is 1. The van der Waals surface area contributed by atoms with Gasteiger partial charge in [-0.2, -0.15) is 0 Å². The molecule has 27 heavy (non-hydrogen) atoms. The minimum absolute atomic E-state index is 0.132. The first-order valence-electron chi connectivity index (χ1n) is 9.95. The van der Waals surface area contributed by atoms with Gasteiger partial charge in [0.15, 0.2) is 0 Å². The molecular formula is C21H27N3O2S. The molecule has 2 aliphatic rings. The Hall–Kier alpha value is -1.92.